The number of nitrogens with two attached hydrogens (primary N) is 1. The molecule has 1 heterocycles. The summed E-state index contributed by atoms with van der Waals surface area (Å²) >= 11 is 0. The number of halogens is 3. The minimum Gasteiger partial charge on any atom is -0.392 e. The highest BCUT2D eigenvalue weighted by Crippen LogP contribution is 2.42. The molecule has 0 aromatic carbocycles. The normalized spacial score (nSPS) is 26.3. The Bertz CT molecular complexity index is 438. The lowest BCUT2D eigenvalue weighted by Gasteiger charge is -2.35. The maximum Gasteiger partial charge on any atom is 0.391 e. The predicted octanol–water partition coefficient (Wildman–Crippen LogP) is 2.85. The Morgan fingerprint density at radius 2 is 2.10 bits per heavy atom. The van der Waals surface area contributed by atoms with Crippen molar-refractivity contribution < 1.29 is 18.3 Å². The standard InChI is InChI=1S/C15H21F3N2O/c16-15(17,18)11-5-3-4-10(8-11)14(21)12(9-19)13-6-1-2-7-20-13/h1-2,6-7,10-12,14,21H,3-5,8-9,19H2. The van der Waals surface area contributed by atoms with E-state index >= 15 is 0 Å². The zero-order chi connectivity index (χ0) is 15.5. The summed E-state index contributed by atoms with van der Waals surface area (Å²) in [6.07, 6.45) is -2.22. The molecule has 0 saturated heterocycles. The van der Waals surface area contributed by atoms with Gasteiger partial charge in [-0.1, -0.05) is 12.5 Å². The van der Waals surface area contributed by atoms with Crippen molar-refractivity contribution in [1.29, 1.82) is 0 Å². The average Bonchev–Trinajstić information content (AvgIpc) is 2.48. The second-order valence-corrected chi connectivity index (χ2v) is 5.75. The third-order valence-electron chi connectivity index (χ3n) is 4.39. The number of nitrogens with zero attached hydrogens (tertiary/aromatic N) is 1. The van der Waals surface area contributed by atoms with Crippen LogP contribution in [0, 0.1) is 11.8 Å². The molecule has 0 bridgehead atoms. The van der Waals surface area contributed by atoms with Crippen LogP contribution in [0.1, 0.15) is 37.3 Å². The molecule has 0 aliphatic heterocycles. The molecule has 6 heteroatoms. The fourth-order valence-electron chi connectivity index (χ4n) is 3.19. The van der Waals surface area contributed by atoms with Crippen LogP contribution in [0.15, 0.2) is 24.4 Å². The molecule has 1 aliphatic carbocycles. The van der Waals surface area contributed by atoms with Gasteiger partial charge in [0.25, 0.3) is 0 Å². The topological polar surface area (TPSA) is 59.1 Å². The quantitative estimate of drug-likeness (QED) is 0.899. The van der Waals surface area contributed by atoms with E-state index in [-0.39, 0.29) is 25.3 Å². The van der Waals surface area contributed by atoms with E-state index in [1.807, 2.05) is 0 Å². The van der Waals surface area contributed by atoms with E-state index in [1.165, 1.54) is 0 Å². The smallest absolute Gasteiger partial charge is 0.391 e. The minimum atomic E-state index is -4.18. The number of rotatable bonds is 4. The molecule has 0 radical (unpaired) electrons. The van der Waals surface area contributed by atoms with Gasteiger partial charge in [-0.3, -0.25) is 4.98 Å². The van der Waals surface area contributed by atoms with Crippen LogP contribution in [0.3, 0.4) is 0 Å². The van der Waals surface area contributed by atoms with Gasteiger partial charge in [0.15, 0.2) is 0 Å². The first kappa shape index (κ1) is 16.2. The monoisotopic (exact) mass is 302 g/mol. The summed E-state index contributed by atoms with van der Waals surface area (Å²) in [4.78, 5) is 4.17. The van der Waals surface area contributed by atoms with E-state index < -0.39 is 24.1 Å². The maximum absolute atomic E-state index is 12.9. The van der Waals surface area contributed by atoms with Crippen LogP contribution in [-0.4, -0.2) is 28.9 Å². The van der Waals surface area contributed by atoms with Gasteiger partial charge in [0.2, 0.25) is 0 Å². The van der Waals surface area contributed by atoms with Crippen molar-refractivity contribution in [3.63, 3.8) is 0 Å². The molecular weight excluding hydrogens is 281 g/mol. The van der Waals surface area contributed by atoms with Crippen molar-refractivity contribution in [3.05, 3.63) is 30.1 Å². The Morgan fingerprint density at radius 1 is 1.33 bits per heavy atom. The van der Waals surface area contributed by atoms with Gasteiger partial charge >= 0.3 is 6.18 Å². The third kappa shape index (κ3) is 3.95. The Morgan fingerprint density at radius 3 is 2.67 bits per heavy atom. The molecule has 1 fully saturated rings. The minimum absolute atomic E-state index is 0.0198. The molecule has 3 nitrogen and oxygen atoms in total. The van der Waals surface area contributed by atoms with E-state index in [1.54, 1.807) is 24.4 Å². The van der Waals surface area contributed by atoms with E-state index in [4.69, 9.17) is 5.73 Å². The fraction of sp³-hybridized carbons (Fsp3) is 0.667. The first-order chi connectivity index (χ1) is 9.93. The lowest BCUT2D eigenvalue weighted by Crippen LogP contribution is -2.38. The summed E-state index contributed by atoms with van der Waals surface area (Å²) < 4.78 is 38.6. The molecule has 4 unspecified atom stereocenters. The zero-order valence-electron chi connectivity index (χ0n) is 11.8. The Balaban J connectivity index is 2.09. The Hall–Kier alpha value is -1.14. The van der Waals surface area contributed by atoms with Gasteiger partial charge in [-0.15, -0.1) is 0 Å². The number of hydrogen-bond donors (Lipinski definition) is 2. The SMILES string of the molecule is NCC(c1ccccn1)C(O)C1CCCC(C(F)(F)F)C1. The fourth-order valence-corrected chi connectivity index (χ4v) is 3.19. The lowest BCUT2D eigenvalue weighted by atomic mass is 9.74. The number of aliphatic hydroxyl groups is 1. The van der Waals surface area contributed by atoms with Gasteiger partial charge in [0, 0.05) is 24.4 Å². The van der Waals surface area contributed by atoms with Crippen LogP contribution >= 0.6 is 0 Å². The summed E-state index contributed by atoms with van der Waals surface area (Å²) in [5.74, 6) is -2.10. The highest BCUT2D eigenvalue weighted by atomic mass is 19.4. The molecule has 0 spiro atoms. The molecule has 4 atom stereocenters. The van der Waals surface area contributed by atoms with Crippen LogP contribution in [0.4, 0.5) is 13.2 Å². The average molecular weight is 302 g/mol. The number of alkyl halides is 3. The molecular formula is C15H21F3N2O. The van der Waals surface area contributed by atoms with Crippen molar-refractivity contribution in [2.75, 3.05) is 6.54 Å². The predicted molar refractivity (Wildman–Crippen MR) is 73.5 cm³/mol. The molecule has 118 valence electrons. The molecule has 1 aromatic rings. The van der Waals surface area contributed by atoms with E-state index in [2.05, 4.69) is 4.98 Å². The zero-order valence-corrected chi connectivity index (χ0v) is 11.8. The van der Waals surface area contributed by atoms with Crippen molar-refractivity contribution in [2.24, 2.45) is 17.6 Å². The van der Waals surface area contributed by atoms with E-state index in [0.717, 1.165) is 0 Å². The third-order valence-corrected chi connectivity index (χ3v) is 4.39. The van der Waals surface area contributed by atoms with Gasteiger partial charge in [-0.05, 0) is 37.3 Å². The molecule has 3 N–H and O–H groups in total. The highest BCUT2D eigenvalue weighted by Gasteiger charge is 2.44. The summed E-state index contributed by atoms with van der Waals surface area (Å²) in [5, 5.41) is 10.5. The maximum atomic E-state index is 12.9. The number of aromatic nitrogens is 1. The van der Waals surface area contributed by atoms with Crippen LogP contribution in [-0.2, 0) is 0 Å². The Kier molecular flexibility index (Phi) is 5.22. The van der Waals surface area contributed by atoms with Crippen molar-refractivity contribution >= 4 is 0 Å². The first-order valence-corrected chi connectivity index (χ1v) is 7.29. The second-order valence-electron chi connectivity index (χ2n) is 5.75. The van der Waals surface area contributed by atoms with Crippen LogP contribution in [0.2, 0.25) is 0 Å². The first-order valence-electron chi connectivity index (χ1n) is 7.29. The summed E-state index contributed by atoms with van der Waals surface area (Å²) in [6, 6.07) is 5.30. The molecule has 21 heavy (non-hydrogen) atoms. The second kappa shape index (κ2) is 6.75. The van der Waals surface area contributed by atoms with Gasteiger partial charge in [0.1, 0.15) is 0 Å². The van der Waals surface area contributed by atoms with Gasteiger partial charge < -0.3 is 10.8 Å². The number of pyridine rings is 1. The lowest BCUT2D eigenvalue weighted by molar-refractivity contribution is -0.189. The highest BCUT2D eigenvalue weighted by molar-refractivity contribution is 5.12. The summed E-state index contributed by atoms with van der Waals surface area (Å²) in [5.41, 5.74) is 6.35. The van der Waals surface area contributed by atoms with Crippen LogP contribution < -0.4 is 5.73 Å². The molecule has 0 amide bonds. The van der Waals surface area contributed by atoms with Gasteiger partial charge in [-0.2, -0.15) is 13.2 Å². The summed E-state index contributed by atoms with van der Waals surface area (Å²) in [6.45, 7) is 0.172. The van der Waals surface area contributed by atoms with E-state index in [0.29, 0.717) is 18.5 Å². The number of hydrogen-bond acceptors (Lipinski definition) is 3. The van der Waals surface area contributed by atoms with E-state index in [9.17, 15) is 18.3 Å². The number of aliphatic hydroxyl groups excluding tert-OH is 1. The van der Waals surface area contributed by atoms with Gasteiger partial charge in [0.05, 0.1) is 12.0 Å². The van der Waals surface area contributed by atoms with Crippen molar-refractivity contribution in [3.8, 4) is 0 Å². The van der Waals surface area contributed by atoms with Crippen molar-refractivity contribution in [2.45, 2.75) is 43.9 Å². The van der Waals surface area contributed by atoms with Gasteiger partial charge in [-0.25, -0.2) is 0 Å². The Labute approximate surface area is 122 Å². The molecule has 1 aliphatic rings. The molecule has 2 rings (SSSR count). The van der Waals surface area contributed by atoms with Crippen molar-refractivity contribution in [1.82, 2.24) is 4.98 Å². The van der Waals surface area contributed by atoms with Crippen LogP contribution in [0.25, 0.3) is 0 Å². The molecule has 1 saturated carbocycles. The van der Waals surface area contributed by atoms with Crippen LogP contribution in [0.5, 0.6) is 0 Å². The largest absolute Gasteiger partial charge is 0.392 e. The molecule has 1 aromatic heterocycles. The summed E-state index contributed by atoms with van der Waals surface area (Å²) in [7, 11) is 0.